The van der Waals surface area contributed by atoms with Crippen LogP contribution in [0.2, 0.25) is 5.02 Å². The molecule has 1 aromatic rings. The van der Waals surface area contributed by atoms with Crippen molar-refractivity contribution in [1.29, 1.82) is 0 Å². The van der Waals surface area contributed by atoms with Gasteiger partial charge in [-0.2, -0.15) is 5.10 Å². The normalized spacial score (nSPS) is 10.6. The largest absolute Gasteiger partial charge is 0.369 e. The first kappa shape index (κ1) is 11.9. The summed E-state index contributed by atoms with van der Waals surface area (Å²) < 4.78 is 13.6. The molecule has 0 aliphatic heterocycles. The van der Waals surface area contributed by atoms with E-state index in [1.54, 1.807) is 6.07 Å². The Bertz CT molecular complexity index is 406. The van der Waals surface area contributed by atoms with E-state index >= 15 is 0 Å². The molecule has 0 saturated carbocycles. The molecule has 15 heavy (non-hydrogen) atoms. The summed E-state index contributed by atoms with van der Waals surface area (Å²) in [5.74, 6) is -0.711. The molecule has 0 aliphatic rings. The maximum absolute atomic E-state index is 13.1. The van der Waals surface area contributed by atoms with E-state index in [0.29, 0.717) is 10.0 Å². The number of hydrogen-bond donors (Lipinski definition) is 2. The first-order valence-corrected chi connectivity index (χ1v) is 4.94. The molecule has 4 nitrogen and oxygen atoms in total. The van der Waals surface area contributed by atoms with Crippen molar-refractivity contribution in [2.45, 2.75) is 0 Å². The smallest absolute Gasteiger partial charge is 0.211 e. The van der Waals surface area contributed by atoms with Crippen LogP contribution in [0.5, 0.6) is 0 Å². The monoisotopic (exact) mass is 292 g/mol. The van der Waals surface area contributed by atoms with Crippen molar-refractivity contribution in [2.24, 2.45) is 21.7 Å². The van der Waals surface area contributed by atoms with Crippen molar-refractivity contribution < 1.29 is 4.39 Å². The summed E-state index contributed by atoms with van der Waals surface area (Å²) in [6, 6.07) is 2.82. The Balaban J connectivity index is 2.98. The zero-order valence-electron chi connectivity index (χ0n) is 7.42. The van der Waals surface area contributed by atoms with Crippen LogP contribution in [0.4, 0.5) is 4.39 Å². The van der Waals surface area contributed by atoms with E-state index in [0.717, 1.165) is 0 Å². The second kappa shape index (κ2) is 5.09. The average Bonchev–Trinajstić information content (AvgIpc) is 2.13. The highest BCUT2D eigenvalue weighted by molar-refractivity contribution is 9.10. The second-order valence-corrected chi connectivity index (χ2v) is 3.80. The molecule has 1 aromatic carbocycles. The number of nitrogens with two attached hydrogens (primary N) is 2. The van der Waals surface area contributed by atoms with E-state index in [4.69, 9.17) is 23.1 Å². The molecule has 4 N–H and O–H groups in total. The van der Waals surface area contributed by atoms with Crippen LogP contribution in [-0.4, -0.2) is 12.2 Å². The molecule has 0 aliphatic carbocycles. The molecule has 0 spiro atoms. The molecule has 0 fully saturated rings. The number of rotatable bonds is 2. The molecule has 0 heterocycles. The molecule has 0 bridgehead atoms. The van der Waals surface area contributed by atoms with Crippen LogP contribution in [0.3, 0.4) is 0 Å². The maximum Gasteiger partial charge on any atom is 0.211 e. The van der Waals surface area contributed by atoms with E-state index in [-0.39, 0.29) is 11.0 Å². The molecular formula is C8H7BrClFN4. The van der Waals surface area contributed by atoms with Gasteiger partial charge in [-0.25, -0.2) is 4.39 Å². The molecule has 80 valence electrons. The topological polar surface area (TPSA) is 76.8 Å². The van der Waals surface area contributed by atoms with E-state index in [1.165, 1.54) is 12.3 Å². The van der Waals surface area contributed by atoms with Gasteiger partial charge in [-0.3, -0.25) is 0 Å². The Morgan fingerprint density at radius 2 is 2.13 bits per heavy atom. The Morgan fingerprint density at radius 3 is 2.67 bits per heavy atom. The zero-order valence-corrected chi connectivity index (χ0v) is 9.76. The lowest BCUT2D eigenvalue weighted by atomic mass is 10.2. The standard InChI is InChI=1S/C8H7BrClFN4/c9-5-1-4(2-6(11)7(5)10)3-14-15-8(12)13/h1-3H,(H4,12,13,15). The number of guanidine groups is 1. The Hall–Kier alpha value is -1.14. The van der Waals surface area contributed by atoms with Gasteiger partial charge in [-0.05, 0) is 33.6 Å². The summed E-state index contributed by atoms with van der Waals surface area (Å²) in [7, 11) is 0. The molecule has 0 aromatic heterocycles. The average molecular weight is 294 g/mol. The van der Waals surface area contributed by atoms with E-state index in [1.807, 2.05) is 0 Å². The fraction of sp³-hybridized carbons (Fsp3) is 0. The predicted molar refractivity (Wildman–Crippen MR) is 62.5 cm³/mol. The van der Waals surface area contributed by atoms with Gasteiger partial charge < -0.3 is 11.5 Å². The van der Waals surface area contributed by atoms with Crippen molar-refractivity contribution in [2.75, 3.05) is 0 Å². The number of hydrogen-bond acceptors (Lipinski definition) is 2. The van der Waals surface area contributed by atoms with Gasteiger partial charge in [-0.1, -0.05) is 11.6 Å². The minimum Gasteiger partial charge on any atom is -0.369 e. The van der Waals surface area contributed by atoms with Gasteiger partial charge in [-0.15, -0.1) is 5.10 Å². The predicted octanol–water partition coefficient (Wildman–Crippen LogP) is 1.85. The first-order valence-electron chi connectivity index (χ1n) is 3.77. The van der Waals surface area contributed by atoms with Crippen molar-refractivity contribution in [3.05, 3.63) is 33.0 Å². The molecule has 0 radical (unpaired) electrons. The Labute approximate surface area is 98.9 Å². The van der Waals surface area contributed by atoms with Crippen LogP contribution in [0, 0.1) is 5.82 Å². The van der Waals surface area contributed by atoms with Crippen LogP contribution in [0.25, 0.3) is 0 Å². The van der Waals surface area contributed by atoms with Gasteiger partial charge in [0.05, 0.1) is 11.2 Å². The lowest BCUT2D eigenvalue weighted by Crippen LogP contribution is -2.21. The minimum absolute atomic E-state index is 0.0222. The highest BCUT2D eigenvalue weighted by Gasteiger charge is 2.05. The van der Waals surface area contributed by atoms with Gasteiger partial charge in [0.15, 0.2) is 0 Å². The second-order valence-electron chi connectivity index (χ2n) is 2.57. The molecule has 0 atom stereocenters. The third-order valence-corrected chi connectivity index (χ3v) is 2.62. The SMILES string of the molecule is NC(N)=NN=Cc1cc(F)c(Cl)c(Br)c1. The van der Waals surface area contributed by atoms with Crippen molar-refractivity contribution in [3.63, 3.8) is 0 Å². The number of halogens is 3. The number of nitrogens with zero attached hydrogens (tertiary/aromatic N) is 2. The van der Waals surface area contributed by atoms with Crippen LogP contribution in [0.1, 0.15) is 5.56 Å². The molecule has 0 unspecified atom stereocenters. The van der Waals surface area contributed by atoms with E-state index < -0.39 is 5.82 Å². The minimum atomic E-state index is -0.544. The van der Waals surface area contributed by atoms with Gasteiger partial charge in [0.2, 0.25) is 5.96 Å². The first-order chi connectivity index (χ1) is 7.00. The van der Waals surface area contributed by atoms with Crippen molar-refractivity contribution in [1.82, 2.24) is 0 Å². The summed E-state index contributed by atoms with van der Waals surface area (Å²) >= 11 is 8.70. The van der Waals surface area contributed by atoms with E-state index in [9.17, 15) is 4.39 Å². The molecule has 1 rings (SSSR count). The summed E-state index contributed by atoms with van der Waals surface area (Å²) in [5, 5.41) is 6.93. The summed E-state index contributed by atoms with van der Waals surface area (Å²) in [6.07, 6.45) is 1.31. The third-order valence-electron chi connectivity index (χ3n) is 1.39. The number of benzene rings is 1. The van der Waals surface area contributed by atoms with Gasteiger partial charge >= 0.3 is 0 Å². The van der Waals surface area contributed by atoms with Gasteiger partial charge in [0, 0.05) is 4.47 Å². The fourth-order valence-electron chi connectivity index (χ4n) is 0.812. The summed E-state index contributed by atoms with van der Waals surface area (Å²) in [4.78, 5) is 0. The Morgan fingerprint density at radius 1 is 1.47 bits per heavy atom. The molecule has 7 heteroatoms. The lowest BCUT2D eigenvalue weighted by Gasteiger charge is -1.99. The van der Waals surface area contributed by atoms with Crippen LogP contribution in [0.15, 0.2) is 26.8 Å². The lowest BCUT2D eigenvalue weighted by molar-refractivity contribution is 0.627. The maximum atomic E-state index is 13.1. The van der Waals surface area contributed by atoms with Crippen molar-refractivity contribution in [3.8, 4) is 0 Å². The van der Waals surface area contributed by atoms with Crippen LogP contribution < -0.4 is 11.5 Å². The van der Waals surface area contributed by atoms with Crippen LogP contribution in [-0.2, 0) is 0 Å². The highest BCUT2D eigenvalue weighted by atomic mass is 79.9. The van der Waals surface area contributed by atoms with Gasteiger partial charge in [0.25, 0.3) is 0 Å². The van der Waals surface area contributed by atoms with Crippen LogP contribution >= 0.6 is 27.5 Å². The zero-order chi connectivity index (χ0) is 11.4. The third kappa shape index (κ3) is 3.49. The summed E-state index contributed by atoms with van der Waals surface area (Å²) in [6.45, 7) is 0. The highest BCUT2D eigenvalue weighted by Crippen LogP contribution is 2.26. The van der Waals surface area contributed by atoms with Crippen molar-refractivity contribution >= 4 is 39.7 Å². The molecular weight excluding hydrogens is 286 g/mol. The fourth-order valence-corrected chi connectivity index (χ4v) is 1.37. The molecule has 0 amide bonds. The molecule has 0 saturated heterocycles. The van der Waals surface area contributed by atoms with E-state index in [2.05, 4.69) is 26.1 Å². The Kier molecular flexibility index (Phi) is 4.05. The van der Waals surface area contributed by atoms with Gasteiger partial charge in [0.1, 0.15) is 5.82 Å². The quantitative estimate of drug-likeness (QED) is 0.378. The summed E-state index contributed by atoms with van der Waals surface area (Å²) in [5.41, 5.74) is 10.6.